The number of carbonyl (C=O) groups is 1. The Bertz CT molecular complexity index is 502. The molecule has 0 unspecified atom stereocenters. The molecule has 0 aromatic carbocycles. The Morgan fingerprint density at radius 1 is 1.62 bits per heavy atom. The van der Waals surface area contributed by atoms with Crippen molar-refractivity contribution in [2.24, 2.45) is 0 Å². The van der Waals surface area contributed by atoms with Crippen LogP contribution < -0.4 is 10.1 Å². The van der Waals surface area contributed by atoms with E-state index in [1.54, 1.807) is 11.0 Å². The van der Waals surface area contributed by atoms with E-state index >= 15 is 0 Å². The van der Waals surface area contributed by atoms with Crippen molar-refractivity contribution in [1.29, 1.82) is 0 Å². The van der Waals surface area contributed by atoms with Gasteiger partial charge in [-0.15, -0.1) is 0 Å². The zero-order valence-corrected chi connectivity index (χ0v) is 13.2. The van der Waals surface area contributed by atoms with Gasteiger partial charge >= 0.3 is 6.03 Å². The van der Waals surface area contributed by atoms with Crippen molar-refractivity contribution >= 4 is 29.2 Å². The Hall–Kier alpha value is -1.24. The van der Waals surface area contributed by atoms with Gasteiger partial charge in [0.05, 0.1) is 30.8 Å². The predicted molar refractivity (Wildman–Crippen MR) is 80.1 cm³/mol. The topological polar surface area (TPSA) is 63.7 Å². The molecular weight excluding hydrogens is 317 g/mol. The first-order valence-electron chi connectivity index (χ1n) is 6.64. The summed E-state index contributed by atoms with van der Waals surface area (Å²) >= 11 is 11.7. The van der Waals surface area contributed by atoms with Crippen LogP contribution in [0.4, 0.5) is 4.79 Å². The molecule has 1 aromatic rings. The number of nitrogens with zero attached hydrogens (tertiary/aromatic N) is 2. The lowest BCUT2D eigenvalue weighted by Gasteiger charge is -2.33. The van der Waals surface area contributed by atoms with E-state index < -0.39 is 0 Å². The fourth-order valence-electron chi connectivity index (χ4n) is 1.94. The number of nitrogens with one attached hydrogen (secondary N) is 1. The zero-order valence-electron chi connectivity index (χ0n) is 11.6. The van der Waals surface area contributed by atoms with Crippen LogP contribution in [0.25, 0.3) is 0 Å². The highest BCUT2D eigenvalue weighted by Gasteiger charge is 2.23. The van der Waals surface area contributed by atoms with Crippen molar-refractivity contribution in [3.8, 4) is 5.88 Å². The van der Waals surface area contributed by atoms with E-state index in [1.807, 2.05) is 6.92 Å². The standard InChI is InChI=1S/C13H17Cl2N3O3/c1-9-8-20-5-3-18(9)13(19)16-2-4-21-12-11(15)6-10(14)7-17-12/h6-7,9H,2-5,8H2,1H3,(H,16,19)/t9-/m1/s1. The number of hydrogen-bond donors (Lipinski definition) is 1. The molecule has 1 fully saturated rings. The zero-order chi connectivity index (χ0) is 15.2. The van der Waals surface area contributed by atoms with E-state index in [0.29, 0.717) is 42.2 Å². The smallest absolute Gasteiger partial charge is 0.317 e. The van der Waals surface area contributed by atoms with Gasteiger partial charge in [-0.05, 0) is 13.0 Å². The Morgan fingerprint density at radius 2 is 2.43 bits per heavy atom. The summed E-state index contributed by atoms with van der Waals surface area (Å²) in [6.07, 6.45) is 1.46. The third-order valence-electron chi connectivity index (χ3n) is 3.02. The predicted octanol–water partition coefficient (Wildman–Crippen LogP) is 2.20. The summed E-state index contributed by atoms with van der Waals surface area (Å²) in [4.78, 5) is 17.7. The molecule has 2 rings (SSSR count). The SMILES string of the molecule is C[C@@H]1COCCN1C(=O)NCCOc1ncc(Cl)cc1Cl. The molecule has 0 radical (unpaired) electrons. The van der Waals surface area contributed by atoms with Gasteiger partial charge in [0, 0.05) is 12.7 Å². The maximum atomic E-state index is 12.0. The van der Waals surface area contributed by atoms with Gasteiger partial charge in [0.15, 0.2) is 0 Å². The summed E-state index contributed by atoms with van der Waals surface area (Å²) in [5.74, 6) is 0.301. The minimum atomic E-state index is -0.121. The van der Waals surface area contributed by atoms with Gasteiger partial charge < -0.3 is 19.7 Å². The van der Waals surface area contributed by atoms with E-state index in [0.717, 1.165) is 0 Å². The number of halogens is 2. The molecule has 1 aliphatic heterocycles. The minimum absolute atomic E-state index is 0.0760. The Balaban J connectivity index is 1.73. The van der Waals surface area contributed by atoms with Crippen LogP contribution in [0.1, 0.15) is 6.92 Å². The van der Waals surface area contributed by atoms with Gasteiger partial charge in [0.1, 0.15) is 11.6 Å². The first-order chi connectivity index (χ1) is 10.1. The largest absolute Gasteiger partial charge is 0.475 e. The number of aromatic nitrogens is 1. The molecule has 2 amide bonds. The summed E-state index contributed by atoms with van der Waals surface area (Å²) in [5.41, 5.74) is 0. The lowest BCUT2D eigenvalue weighted by Crippen LogP contribution is -2.51. The van der Waals surface area contributed by atoms with Crippen LogP contribution in [0, 0.1) is 0 Å². The van der Waals surface area contributed by atoms with Gasteiger partial charge in [0.25, 0.3) is 0 Å². The van der Waals surface area contributed by atoms with Gasteiger partial charge in [-0.1, -0.05) is 23.2 Å². The summed E-state index contributed by atoms with van der Waals surface area (Å²) in [7, 11) is 0. The molecule has 8 heteroatoms. The summed E-state index contributed by atoms with van der Waals surface area (Å²) < 4.78 is 10.7. The van der Waals surface area contributed by atoms with Gasteiger partial charge in [-0.3, -0.25) is 0 Å². The maximum Gasteiger partial charge on any atom is 0.317 e. The van der Waals surface area contributed by atoms with Crippen LogP contribution in [0.2, 0.25) is 10.0 Å². The number of amides is 2. The van der Waals surface area contributed by atoms with Crippen LogP contribution in [-0.4, -0.2) is 54.9 Å². The normalized spacial score (nSPS) is 18.4. The molecule has 6 nitrogen and oxygen atoms in total. The molecule has 21 heavy (non-hydrogen) atoms. The first kappa shape index (κ1) is 16.1. The van der Waals surface area contributed by atoms with Crippen LogP contribution in [0.3, 0.4) is 0 Å². The molecule has 0 saturated carbocycles. The van der Waals surface area contributed by atoms with Gasteiger partial charge in [0.2, 0.25) is 5.88 Å². The van der Waals surface area contributed by atoms with E-state index in [2.05, 4.69) is 10.3 Å². The van der Waals surface area contributed by atoms with Crippen molar-refractivity contribution in [2.45, 2.75) is 13.0 Å². The maximum absolute atomic E-state index is 12.0. The van der Waals surface area contributed by atoms with Crippen molar-refractivity contribution in [2.75, 3.05) is 32.9 Å². The Kier molecular flexibility index (Phi) is 5.90. The molecule has 116 valence electrons. The monoisotopic (exact) mass is 333 g/mol. The van der Waals surface area contributed by atoms with Gasteiger partial charge in [-0.2, -0.15) is 0 Å². The number of hydrogen-bond acceptors (Lipinski definition) is 4. The first-order valence-corrected chi connectivity index (χ1v) is 7.39. The molecule has 1 saturated heterocycles. The molecule has 1 aromatic heterocycles. The quantitative estimate of drug-likeness (QED) is 0.858. The highest BCUT2D eigenvalue weighted by atomic mass is 35.5. The molecule has 0 bridgehead atoms. The molecule has 1 N–H and O–H groups in total. The van der Waals surface area contributed by atoms with E-state index in [-0.39, 0.29) is 18.7 Å². The third kappa shape index (κ3) is 4.62. The van der Waals surface area contributed by atoms with Crippen molar-refractivity contribution in [3.05, 3.63) is 22.3 Å². The highest BCUT2D eigenvalue weighted by Crippen LogP contribution is 2.24. The number of pyridine rings is 1. The van der Waals surface area contributed by atoms with Crippen LogP contribution in [-0.2, 0) is 4.74 Å². The Morgan fingerprint density at radius 3 is 3.14 bits per heavy atom. The second-order valence-corrected chi connectivity index (χ2v) is 5.48. The fraction of sp³-hybridized carbons (Fsp3) is 0.538. The van der Waals surface area contributed by atoms with E-state index in [4.69, 9.17) is 32.7 Å². The number of ether oxygens (including phenoxy) is 2. The van der Waals surface area contributed by atoms with Crippen molar-refractivity contribution < 1.29 is 14.3 Å². The molecule has 2 heterocycles. The number of morpholine rings is 1. The van der Waals surface area contributed by atoms with Crippen molar-refractivity contribution in [1.82, 2.24) is 15.2 Å². The second-order valence-electron chi connectivity index (χ2n) is 4.64. The summed E-state index contributed by atoms with van der Waals surface area (Å²) in [6.45, 7) is 4.32. The van der Waals surface area contributed by atoms with E-state index in [1.165, 1.54) is 6.20 Å². The van der Waals surface area contributed by atoms with Crippen LogP contribution in [0.15, 0.2) is 12.3 Å². The molecule has 0 spiro atoms. The highest BCUT2D eigenvalue weighted by molar-refractivity contribution is 6.35. The summed E-state index contributed by atoms with van der Waals surface area (Å²) in [5, 5.41) is 3.58. The number of urea groups is 1. The lowest BCUT2D eigenvalue weighted by atomic mass is 10.3. The van der Waals surface area contributed by atoms with Gasteiger partial charge in [-0.25, -0.2) is 9.78 Å². The molecule has 0 aliphatic carbocycles. The lowest BCUT2D eigenvalue weighted by molar-refractivity contribution is 0.0189. The average molecular weight is 334 g/mol. The molecule has 1 atom stereocenters. The molecular formula is C13H17Cl2N3O3. The van der Waals surface area contributed by atoms with Crippen molar-refractivity contribution in [3.63, 3.8) is 0 Å². The third-order valence-corrected chi connectivity index (χ3v) is 3.50. The second kappa shape index (κ2) is 7.68. The number of rotatable bonds is 4. The average Bonchev–Trinajstić information content (AvgIpc) is 2.45. The fourth-order valence-corrected chi connectivity index (χ4v) is 2.38. The minimum Gasteiger partial charge on any atom is -0.475 e. The summed E-state index contributed by atoms with van der Waals surface area (Å²) in [6, 6.07) is 1.51. The number of carbonyl (C=O) groups excluding carboxylic acids is 1. The van der Waals surface area contributed by atoms with E-state index in [9.17, 15) is 4.79 Å². The molecule has 1 aliphatic rings. The Labute approximate surface area is 133 Å². The van der Waals surface area contributed by atoms with Crippen LogP contribution >= 0.6 is 23.2 Å². The van der Waals surface area contributed by atoms with Crippen LogP contribution in [0.5, 0.6) is 5.88 Å².